The fourth-order valence-electron chi connectivity index (χ4n) is 4.55. The number of nitrogens with one attached hydrogen (secondary N) is 1. The van der Waals surface area contributed by atoms with Gasteiger partial charge in [-0.1, -0.05) is 19.1 Å². The summed E-state index contributed by atoms with van der Waals surface area (Å²) in [7, 11) is 0. The summed E-state index contributed by atoms with van der Waals surface area (Å²) in [6.07, 6.45) is 2.23. The molecule has 2 aliphatic heterocycles. The van der Waals surface area contributed by atoms with Crippen molar-refractivity contribution in [1.29, 1.82) is 0 Å². The molecule has 3 aromatic rings. The number of likely N-dealkylation sites (N-methyl/N-ethyl adjacent to an activating group) is 1. The van der Waals surface area contributed by atoms with Gasteiger partial charge in [-0.2, -0.15) is 0 Å². The van der Waals surface area contributed by atoms with Crippen molar-refractivity contribution in [3.63, 3.8) is 0 Å². The standard InChI is InChI=1S/C24H28N4OS/c1-2-27-13-10-25-21(16-27)22-23-19(9-14-30-23)15-20(26-22)17-5-7-18(8-6-17)24(29)28-11-3-4-12-28/h5-9,14-15,21,25H,2-4,10-13,16H2,1H3. The molecule has 2 saturated heterocycles. The summed E-state index contributed by atoms with van der Waals surface area (Å²) in [5.74, 6) is 0.145. The summed E-state index contributed by atoms with van der Waals surface area (Å²) in [5, 5.41) is 7.06. The van der Waals surface area contributed by atoms with E-state index in [0.29, 0.717) is 0 Å². The van der Waals surface area contributed by atoms with E-state index >= 15 is 0 Å². The predicted octanol–water partition coefficient (Wildman–Crippen LogP) is 4.17. The minimum absolute atomic E-state index is 0.145. The molecular formula is C24H28N4OS. The minimum atomic E-state index is 0.145. The first-order valence-electron chi connectivity index (χ1n) is 11.0. The molecule has 1 atom stereocenters. The molecule has 0 saturated carbocycles. The van der Waals surface area contributed by atoms with Crippen LogP contribution in [0.5, 0.6) is 0 Å². The van der Waals surface area contributed by atoms with Crippen LogP contribution < -0.4 is 5.32 Å². The van der Waals surface area contributed by atoms with Gasteiger partial charge in [-0.05, 0) is 54.4 Å². The van der Waals surface area contributed by atoms with Crippen LogP contribution in [0.3, 0.4) is 0 Å². The van der Waals surface area contributed by atoms with Gasteiger partial charge in [0, 0.05) is 43.9 Å². The summed E-state index contributed by atoms with van der Waals surface area (Å²) in [6.45, 7) is 8.11. The Labute approximate surface area is 181 Å². The highest BCUT2D eigenvalue weighted by atomic mass is 32.1. The third-order valence-corrected chi connectivity index (χ3v) is 7.27. The maximum Gasteiger partial charge on any atom is 0.253 e. The summed E-state index contributed by atoms with van der Waals surface area (Å²) in [4.78, 5) is 22.2. The van der Waals surface area contributed by atoms with Gasteiger partial charge in [0.1, 0.15) is 0 Å². The van der Waals surface area contributed by atoms with E-state index in [1.165, 1.54) is 10.1 Å². The van der Waals surface area contributed by atoms with Crippen LogP contribution in [0.15, 0.2) is 41.8 Å². The van der Waals surface area contributed by atoms with Crippen LogP contribution in [0.25, 0.3) is 21.3 Å². The van der Waals surface area contributed by atoms with Crippen LogP contribution >= 0.6 is 11.3 Å². The van der Waals surface area contributed by atoms with E-state index in [1.54, 1.807) is 11.3 Å². The van der Waals surface area contributed by atoms with Gasteiger partial charge in [0.25, 0.3) is 5.91 Å². The van der Waals surface area contributed by atoms with Crippen LogP contribution in [-0.2, 0) is 0 Å². The van der Waals surface area contributed by atoms with Gasteiger partial charge in [0.2, 0.25) is 0 Å². The van der Waals surface area contributed by atoms with Crippen molar-refractivity contribution in [2.75, 3.05) is 39.3 Å². The summed E-state index contributed by atoms with van der Waals surface area (Å²) in [6, 6.07) is 12.6. The number of carbonyl (C=O) groups is 1. The van der Waals surface area contributed by atoms with E-state index in [0.717, 1.165) is 74.6 Å². The zero-order chi connectivity index (χ0) is 20.5. The molecule has 2 aromatic heterocycles. The average Bonchev–Trinajstić information content (AvgIpc) is 3.50. The molecule has 2 fully saturated rings. The lowest BCUT2D eigenvalue weighted by Gasteiger charge is -2.33. The molecule has 0 aliphatic carbocycles. The van der Waals surface area contributed by atoms with E-state index in [1.807, 2.05) is 29.2 Å². The van der Waals surface area contributed by atoms with Crippen LogP contribution in [0, 0.1) is 0 Å². The first-order valence-corrected chi connectivity index (χ1v) is 11.8. The number of carbonyl (C=O) groups excluding carboxylic acids is 1. The molecule has 0 spiro atoms. The third kappa shape index (κ3) is 3.75. The summed E-state index contributed by atoms with van der Waals surface area (Å²) >= 11 is 1.77. The van der Waals surface area contributed by atoms with Gasteiger partial charge in [0.15, 0.2) is 0 Å². The number of pyridine rings is 1. The largest absolute Gasteiger partial charge is 0.339 e. The van der Waals surface area contributed by atoms with E-state index in [4.69, 9.17) is 4.98 Å². The quantitative estimate of drug-likeness (QED) is 0.688. The van der Waals surface area contributed by atoms with Gasteiger partial charge in [-0.3, -0.25) is 4.79 Å². The zero-order valence-electron chi connectivity index (χ0n) is 17.4. The monoisotopic (exact) mass is 420 g/mol. The maximum absolute atomic E-state index is 12.7. The molecule has 1 amide bonds. The Kier molecular flexibility index (Phi) is 5.54. The minimum Gasteiger partial charge on any atom is -0.339 e. The molecule has 30 heavy (non-hydrogen) atoms. The molecule has 156 valence electrons. The summed E-state index contributed by atoms with van der Waals surface area (Å²) < 4.78 is 1.27. The van der Waals surface area contributed by atoms with Crippen molar-refractivity contribution in [2.45, 2.75) is 25.8 Å². The van der Waals surface area contributed by atoms with E-state index in [2.05, 4.69) is 34.7 Å². The van der Waals surface area contributed by atoms with Gasteiger partial charge >= 0.3 is 0 Å². The highest BCUT2D eigenvalue weighted by Gasteiger charge is 2.24. The van der Waals surface area contributed by atoms with Gasteiger partial charge in [0.05, 0.1) is 22.1 Å². The lowest BCUT2D eigenvalue weighted by molar-refractivity contribution is 0.0793. The Morgan fingerprint density at radius 3 is 2.73 bits per heavy atom. The van der Waals surface area contributed by atoms with Crippen LogP contribution in [0.2, 0.25) is 0 Å². The van der Waals surface area contributed by atoms with Gasteiger partial charge in [-0.15, -0.1) is 11.3 Å². The van der Waals surface area contributed by atoms with E-state index in [9.17, 15) is 4.79 Å². The molecular weight excluding hydrogens is 392 g/mol. The molecule has 1 aromatic carbocycles. The lowest BCUT2D eigenvalue weighted by Crippen LogP contribution is -2.45. The first kappa shape index (κ1) is 19.7. The fraction of sp³-hybridized carbons (Fsp3) is 0.417. The van der Waals surface area contributed by atoms with Crippen molar-refractivity contribution in [1.82, 2.24) is 20.1 Å². The molecule has 0 bridgehead atoms. The molecule has 2 aliphatic rings. The van der Waals surface area contributed by atoms with Crippen molar-refractivity contribution in [2.24, 2.45) is 0 Å². The smallest absolute Gasteiger partial charge is 0.253 e. The fourth-order valence-corrected chi connectivity index (χ4v) is 5.48. The second-order valence-corrected chi connectivity index (χ2v) is 9.12. The number of piperazine rings is 1. The zero-order valence-corrected chi connectivity index (χ0v) is 18.3. The second kappa shape index (κ2) is 8.46. The Morgan fingerprint density at radius 2 is 1.97 bits per heavy atom. The maximum atomic E-state index is 12.7. The normalized spacial score (nSPS) is 20.2. The Balaban J connectivity index is 1.46. The number of benzene rings is 1. The van der Waals surface area contributed by atoms with Gasteiger partial charge in [-0.25, -0.2) is 4.98 Å². The molecule has 6 heteroatoms. The van der Waals surface area contributed by atoms with Crippen molar-refractivity contribution >= 4 is 27.3 Å². The Morgan fingerprint density at radius 1 is 1.17 bits per heavy atom. The van der Waals surface area contributed by atoms with Gasteiger partial charge < -0.3 is 15.1 Å². The molecule has 4 heterocycles. The van der Waals surface area contributed by atoms with E-state index < -0.39 is 0 Å². The van der Waals surface area contributed by atoms with Crippen LogP contribution in [0.1, 0.15) is 41.9 Å². The number of aromatic nitrogens is 1. The topological polar surface area (TPSA) is 48.5 Å². The summed E-state index contributed by atoms with van der Waals surface area (Å²) in [5.41, 5.74) is 3.95. The Hall–Kier alpha value is -2.28. The molecule has 0 radical (unpaired) electrons. The van der Waals surface area contributed by atoms with Crippen LogP contribution in [0.4, 0.5) is 0 Å². The molecule has 5 nitrogen and oxygen atoms in total. The van der Waals surface area contributed by atoms with Crippen molar-refractivity contribution < 1.29 is 4.79 Å². The number of nitrogens with zero attached hydrogens (tertiary/aromatic N) is 3. The molecule has 1 unspecified atom stereocenters. The van der Waals surface area contributed by atoms with Crippen molar-refractivity contribution in [3.05, 3.63) is 53.0 Å². The number of amides is 1. The number of thiophene rings is 1. The highest BCUT2D eigenvalue weighted by molar-refractivity contribution is 7.17. The first-order chi connectivity index (χ1) is 14.7. The number of hydrogen-bond donors (Lipinski definition) is 1. The number of likely N-dealkylation sites (tertiary alicyclic amines) is 1. The highest BCUT2D eigenvalue weighted by Crippen LogP contribution is 2.33. The average molecular weight is 421 g/mol. The third-order valence-electron chi connectivity index (χ3n) is 6.32. The lowest BCUT2D eigenvalue weighted by atomic mass is 10.0. The Bertz CT molecular complexity index is 1040. The predicted molar refractivity (Wildman–Crippen MR) is 123 cm³/mol. The van der Waals surface area contributed by atoms with Crippen LogP contribution in [-0.4, -0.2) is 60.0 Å². The van der Waals surface area contributed by atoms with Crippen molar-refractivity contribution in [3.8, 4) is 11.3 Å². The number of hydrogen-bond acceptors (Lipinski definition) is 5. The molecule has 5 rings (SSSR count). The molecule has 1 N–H and O–H groups in total. The number of fused-ring (bicyclic) bond motifs is 1. The second-order valence-electron chi connectivity index (χ2n) is 8.21. The number of rotatable bonds is 4. The SMILES string of the molecule is CCN1CCNC(c2nc(-c3ccc(C(=O)N4CCCC4)cc3)cc3ccsc23)C1. The van der Waals surface area contributed by atoms with E-state index in [-0.39, 0.29) is 11.9 Å².